The summed E-state index contributed by atoms with van der Waals surface area (Å²) in [7, 11) is 0. The third kappa shape index (κ3) is 2.54. The lowest BCUT2D eigenvalue weighted by molar-refractivity contribution is -0.131. The first-order chi connectivity index (χ1) is 10.1. The van der Waals surface area contributed by atoms with Crippen molar-refractivity contribution < 1.29 is 9.59 Å². The van der Waals surface area contributed by atoms with E-state index in [2.05, 4.69) is 27.3 Å². The highest BCUT2D eigenvalue weighted by molar-refractivity contribution is 5.92. The van der Waals surface area contributed by atoms with Crippen LogP contribution < -0.4 is 5.32 Å². The van der Waals surface area contributed by atoms with Gasteiger partial charge in [-0.2, -0.15) is 5.10 Å². The Hall–Kier alpha value is -1.85. The van der Waals surface area contributed by atoms with E-state index in [0.29, 0.717) is 12.1 Å². The Morgan fingerprint density at radius 1 is 1.48 bits per heavy atom. The van der Waals surface area contributed by atoms with Crippen LogP contribution in [0.4, 0.5) is 0 Å². The molecule has 0 radical (unpaired) electrons. The lowest BCUT2D eigenvalue weighted by Gasteiger charge is -2.43. The number of rotatable bonds is 3. The summed E-state index contributed by atoms with van der Waals surface area (Å²) < 4.78 is 0. The van der Waals surface area contributed by atoms with E-state index >= 15 is 0 Å². The number of hydrogen-bond acceptors (Lipinski definition) is 3. The van der Waals surface area contributed by atoms with Crippen molar-refractivity contribution in [3.8, 4) is 0 Å². The first-order valence-corrected chi connectivity index (χ1v) is 7.75. The lowest BCUT2D eigenvalue weighted by Crippen LogP contribution is -2.51. The molecule has 1 aromatic rings. The second-order valence-electron chi connectivity index (χ2n) is 6.08. The van der Waals surface area contributed by atoms with Crippen molar-refractivity contribution in [1.29, 1.82) is 0 Å². The summed E-state index contributed by atoms with van der Waals surface area (Å²) in [5, 5.41) is 9.53. The fraction of sp³-hybridized carbons (Fsp3) is 0.667. The van der Waals surface area contributed by atoms with Gasteiger partial charge in [-0.3, -0.25) is 14.7 Å². The van der Waals surface area contributed by atoms with E-state index in [0.717, 1.165) is 38.6 Å². The molecule has 6 nitrogen and oxygen atoms in total. The standard InChI is InChI=1S/C15H22N4O2/c1-2-19-13(20)5-9-15(19)7-3-11(4-8-15)17-14(21)12-6-10-16-18-12/h6,10-11H,2-5,7-9H2,1H3,(H,16,18)(H,17,21). The minimum Gasteiger partial charge on any atom is -0.348 e. The van der Waals surface area contributed by atoms with Crippen molar-refractivity contribution in [2.45, 2.75) is 57.0 Å². The van der Waals surface area contributed by atoms with Gasteiger partial charge in [-0.25, -0.2) is 0 Å². The molecular weight excluding hydrogens is 268 g/mol. The topological polar surface area (TPSA) is 78.1 Å². The van der Waals surface area contributed by atoms with Gasteiger partial charge in [0.1, 0.15) is 5.69 Å². The number of nitrogens with zero attached hydrogens (tertiary/aromatic N) is 2. The van der Waals surface area contributed by atoms with Gasteiger partial charge < -0.3 is 10.2 Å². The molecule has 2 N–H and O–H groups in total. The molecule has 1 aliphatic carbocycles. The molecule has 2 fully saturated rings. The minimum atomic E-state index is -0.0942. The first kappa shape index (κ1) is 14.1. The van der Waals surface area contributed by atoms with E-state index in [1.165, 1.54) is 0 Å². The van der Waals surface area contributed by atoms with Crippen LogP contribution in [0.5, 0.6) is 0 Å². The largest absolute Gasteiger partial charge is 0.348 e. The van der Waals surface area contributed by atoms with Crippen LogP contribution in [0.2, 0.25) is 0 Å². The zero-order chi connectivity index (χ0) is 14.9. The Bertz CT molecular complexity index is 518. The first-order valence-electron chi connectivity index (χ1n) is 7.75. The second kappa shape index (κ2) is 5.50. The van der Waals surface area contributed by atoms with Crippen LogP contribution in [0.25, 0.3) is 0 Å². The Morgan fingerprint density at radius 3 is 2.86 bits per heavy atom. The Kier molecular flexibility index (Phi) is 3.69. The quantitative estimate of drug-likeness (QED) is 0.884. The fourth-order valence-corrected chi connectivity index (χ4v) is 3.85. The van der Waals surface area contributed by atoms with Gasteiger partial charge in [0, 0.05) is 30.7 Å². The molecule has 21 heavy (non-hydrogen) atoms. The molecule has 3 rings (SSSR count). The third-order valence-corrected chi connectivity index (χ3v) is 4.99. The Balaban J connectivity index is 1.58. The molecule has 2 aliphatic rings. The number of nitrogens with one attached hydrogen (secondary N) is 2. The molecule has 0 bridgehead atoms. The van der Waals surface area contributed by atoms with Crippen LogP contribution >= 0.6 is 0 Å². The van der Waals surface area contributed by atoms with Crippen molar-refractivity contribution in [3.05, 3.63) is 18.0 Å². The summed E-state index contributed by atoms with van der Waals surface area (Å²) in [4.78, 5) is 26.0. The van der Waals surface area contributed by atoms with Crippen LogP contribution in [-0.2, 0) is 4.79 Å². The highest BCUT2D eigenvalue weighted by atomic mass is 16.2. The lowest BCUT2D eigenvalue weighted by atomic mass is 9.77. The number of hydrogen-bond donors (Lipinski definition) is 2. The van der Waals surface area contributed by atoms with Crippen molar-refractivity contribution >= 4 is 11.8 Å². The summed E-state index contributed by atoms with van der Waals surface area (Å²) in [5.41, 5.74) is 0.558. The number of carbonyl (C=O) groups excluding carboxylic acids is 2. The van der Waals surface area contributed by atoms with Crippen LogP contribution in [0.15, 0.2) is 12.3 Å². The molecule has 1 aliphatic heterocycles. The summed E-state index contributed by atoms with van der Waals surface area (Å²) in [6, 6.07) is 1.87. The normalized spacial score (nSPS) is 29.1. The molecule has 1 spiro atoms. The zero-order valence-corrected chi connectivity index (χ0v) is 12.4. The van der Waals surface area contributed by atoms with E-state index in [1.54, 1.807) is 12.3 Å². The molecule has 6 heteroatoms. The van der Waals surface area contributed by atoms with Gasteiger partial charge in [0.25, 0.3) is 5.91 Å². The predicted molar refractivity (Wildman–Crippen MR) is 77.7 cm³/mol. The maximum Gasteiger partial charge on any atom is 0.269 e. The van der Waals surface area contributed by atoms with E-state index in [-0.39, 0.29) is 23.4 Å². The molecule has 1 aromatic heterocycles. The zero-order valence-electron chi connectivity index (χ0n) is 12.4. The average molecular weight is 290 g/mol. The third-order valence-electron chi connectivity index (χ3n) is 4.99. The van der Waals surface area contributed by atoms with E-state index in [4.69, 9.17) is 0 Å². The highest BCUT2D eigenvalue weighted by Gasteiger charge is 2.46. The number of aromatic amines is 1. The molecule has 2 heterocycles. The Morgan fingerprint density at radius 2 is 2.24 bits per heavy atom. The molecule has 1 saturated carbocycles. The molecule has 1 saturated heterocycles. The molecule has 2 amide bonds. The van der Waals surface area contributed by atoms with Crippen molar-refractivity contribution in [2.75, 3.05) is 6.54 Å². The SMILES string of the molecule is CCN1C(=O)CCC12CCC(NC(=O)c1ccn[nH]1)CC2. The van der Waals surface area contributed by atoms with Crippen LogP contribution in [-0.4, -0.2) is 45.0 Å². The van der Waals surface area contributed by atoms with Crippen molar-refractivity contribution in [2.24, 2.45) is 0 Å². The van der Waals surface area contributed by atoms with Gasteiger partial charge >= 0.3 is 0 Å². The summed E-state index contributed by atoms with van der Waals surface area (Å²) in [6.07, 6.45) is 7.07. The smallest absolute Gasteiger partial charge is 0.269 e. The van der Waals surface area contributed by atoms with Crippen LogP contribution in [0.3, 0.4) is 0 Å². The summed E-state index contributed by atoms with van der Waals surface area (Å²) in [6.45, 7) is 2.85. The van der Waals surface area contributed by atoms with E-state index < -0.39 is 0 Å². The van der Waals surface area contributed by atoms with Crippen LogP contribution in [0.1, 0.15) is 55.9 Å². The molecule has 0 aromatic carbocycles. The Labute approximate surface area is 124 Å². The summed E-state index contributed by atoms with van der Waals surface area (Å²) in [5.74, 6) is 0.195. The van der Waals surface area contributed by atoms with E-state index in [1.807, 2.05) is 0 Å². The molecule has 0 unspecified atom stereocenters. The van der Waals surface area contributed by atoms with Crippen molar-refractivity contribution in [1.82, 2.24) is 20.4 Å². The highest BCUT2D eigenvalue weighted by Crippen LogP contribution is 2.42. The fourth-order valence-electron chi connectivity index (χ4n) is 3.85. The number of H-pyrrole nitrogens is 1. The van der Waals surface area contributed by atoms with E-state index in [9.17, 15) is 9.59 Å². The maximum atomic E-state index is 12.0. The van der Waals surface area contributed by atoms with Gasteiger partial charge in [-0.15, -0.1) is 0 Å². The van der Waals surface area contributed by atoms with Gasteiger partial charge in [0.15, 0.2) is 0 Å². The average Bonchev–Trinajstić information content (AvgIpc) is 3.11. The second-order valence-corrected chi connectivity index (χ2v) is 6.08. The number of likely N-dealkylation sites (tertiary alicyclic amines) is 1. The number of carbonyl (C=O) groups is 2. The van der Waals surface area contributed by atoms with Crippen molar-refractivity contribution in [3.63, 3.8) is 0 Å². The van der Waals surface area contributed by atoms with Gasteiger partial charge in [-0.05, 0) is 45.1 Å². The van der Waals surface area contributed by atoms with Gasteiger partial charge in [-0.1, -0.05) is 0 Å². The summed E-state index contributed by atoms with van der Waals surface area (Å²) >= 11 is 0. The van der Waals surface area contributed by atoms with Crippen LogP contribution in [0, 0.1) is 0 Å². The monoisotopic (exact) mass is 290 g/mol. The maximum absolute atomic E-state index is 12.0. The number of aromatic nitrogens is 2. The minimum absolute atomic E-state index is 0.0566. The van der Waals surface area contributed by atoms with Gasteiger partial charge in [0.05, 0.1) is 0 Å². The molecule has 0 atom stereocenters. The number of amides is 2. The molecular formula is C15H22N4O2. The predicted octanol–water partition coefficient (Wildman–Crippen LogP) is 1.46. The molecule has 114 valence electrons. The van der Waals surface area contributed by atoms with Gasteiger partial charge in [0.2, 0.25) is 5.91 Å².